The van der Waals surface area contributed by atoms with Crippen LogP contribution in [0.2, 0.25) is 0 Å². The minimum absolute atomic E-state index is 0.0595. The second kappa shape index (κ2) is 5.90. The summed E-state index contributed by atoms with van der Waals surface area (Å²) >= 11 is 0. The zero-order valence-corrected chi connectivity index (χ0v) is 12.5. The smallest absolute Gasteiger partial charge is 0.254 e. The Hall–Kier alpha value is -2.10. The van der Waals surface area contributed by atoms with Gasteiger partial charge in [-0.2, -0.15) is 5.10 Å². The van der Waals surface area contributed by atoms with Crippen LogP contribution in [0.15, 0.2) is 30.5 Å². The molecule has 1 aromatic heterocycles. The summed E-state index contributed by atoms with van der Waals surface area (Å²) in [4.78, 5) is 12.2. The zero-order chi connectivity index (χ0) is 14.7. The molecular weight excluding hydrogens is 250 g/mol. The molecule has 0 fully saturated rings. The first-order valence-corrected chi connectivity index (χ1v) is 6.95. The number of carbonyl (C=O) groups excluding carboxylic acids is 1. The number of rotatable bonds is 4. The van der Waals surface area contributed by atoms with Crippen molar-refractivity contribution in [2.45, 2.75) is 40.2 Å². The third kappa shape index (κ3) is 2.90. The molecule has 0 aliphatic rings. The average molecular weight is 271 g/mol. The molecule has 20 heavy (non-hydrogen) atoms. The van der Waals surface area contributed by atoms with Gasteiger partial charge in [0.25, 0.3) is 5.91 Å². The Bertz CT molecular complexity index is 616. The van der Waals surface area contributed by atoms with Crippen LogP contribution >= 0.6 is 0 Å². The van der Waals surface area contributed by atoms with E-state index >= 15 is 0 Å². The Balaban J connectivity index is 2.29. The van der Waals surface area contributed by atoms with Crippen molar-refractivity contribution in [1.29, 1.82) is 0 Å². The molecule has 0 radical (unpaired) electrons. The van der Waals surface area contributed by atoms with Crippen molar-refractivity contribution in [1.82, 2.24) is 15.1 Å². The highest BCUT2D eigenvalue weighted by Gasteiger charge is 2.16. The third-order valence-electron chi connectivity index (χ3n) is 3.49. The summed E-state index contributed by atoms with van der Waals surface area (Å²) in [7, 11) is 0. The van der Waals surface area contributed by atoms with Gasteiger partial charge in [0.1, 0.15) is 0 Å². The van der Waals surface area contributed by atoms with Crippen molar-refractivity contribution in [3.63, 3.8) is 0 Å². The number of nitrogens with zero attached hydrogens (tertiary/aromatic N) is 2. The van der Waals surface area contributed by atoms with Crippen molar-refractivity contribution in [3.8, 4) is 5.69 Å². The van der Waals surface area contributed by atoms with Crippen molar-refractivity contribution >= 4 is 5.91 Å². The van der Waals surface area contributed by atoms with Gasteiger partial charge in [-0.15, -0.1) is 0 Å². The molecule has 0 saturated carbocycles. The summed E-state index contributed by atoms with van der Waals surface area (Å²) < 4.78 is 1.80. The number of benzene rings is 1. The Labute approximate surface area is 119 Å². The van der Waals surface area contributed by atoms with Crippen molar-refractivity contribution in [3.05, 3.63) is 47.3 Å². The van der Waals surface area contributed by atoms with Gasteiger partial charge in [-0.3, -0.25) is 4.79 Å². The molecule has 0 aliphatic carbocycles. The molecule has 0 aliphatic heterocycles. The SMILES string of the molecule is CCC(C)NC(=O)c1cnn(-c2cccc(C)c2)c1C. The second-order valence-electron chi connectivity index (χ2n) is 5.18. The molecule has 1 atom stereocenters. The maximum Gasteiger partial charge on any atom is 0.254 e. The van der Waals surface area contributed by atoms with Crippen LogP contribution in [0, 0.1) is 13.8 Å². The average Bonchev–Trinajstić information content (AvgIpc) is 2.80. The highest BCUT2D eigenvalue weighted by molar-refractivity contribution is 5.95. The van der Waals surface area contributed by atoms with Gasteiger partial charge in [0.05, 0.1) is 23.1 Å². The molecular formula is C16H21N3O. The van der Waals surface area contributed by atoms with E-state index in [2.05, 4.69) is 16.5 Å². The summed E-state index contributed by atoms with van der Waals surface area (Å²) in [5.41, 5.74) is 3.64. The van der Waals surface area contributed by atoms with Crippen molar-refractivity contribution in [2.24, 2.45) is 0 Å². The number of aryl methyl sites for hydroxylation is 1. The lowest BCUT2D eigenvalue weighted by Crippen LogP contribution is -2.32. The van der Waals surface area contributed by atoms with E-state index < -0.39 is 0 Å². The van der Waals surface area contributed by atoms with Crippen molar-refractivity contribution in [2.75, 3.05) is 0 Å². The van der Waals surface area contributed by atoms with Crippen LogP contribution in [0.25, 0.3) is 5.69 Å². The summed E-state index contributed by atoms with van der Waals surface area (Å²) in [6.45, 7) is 8.01. The van der Waals surface area contributed by atoms with E-state index in [1.165, 1.54) is 5.56 Å². The van der Waals surface area contributed by atoms with E-state index in [1.54, 1.807) is 10.9 Å². The number of hydrogen-bond acceptors (Lipinski definition) is 2. The first-order chi connectivity index (χ1) is 9.52. The van der Waals surface area contributed by atoms with Gasteiger partial charge in [0, 0.05) is 6.04 Å². The number of amides is 1. The molecule has 0 bridgehead atoms. The number of aromatic nitrogens is 2. The molecule has 0 saturated heterocycles. The lowest BCUT2D eigenvalue weighted by molar-refractivity contribution is 0.0938. The van der Waals surface area contributed by atoms with Crippen LogP contribution in [-0.2, 0) is 0 Å². The standard InChI is InChI=1S/C16H21N3O/c1-5-12(3)18-16(20)15-10-17-19(13(15)4)14-8-6-7-11(2)9-14/h6-10,12H,5H2,1-4H3,(H,18,20). The summed E-state index contributed by atoms with van der Waals surface area (Å²) in [5.74, 6) is -0.0595. The van der Waals surface area contributed by atoms with E-state index in [-0.39, 0.29) is 11.9 Å². The minimum atomic E-state index is -0.0595. The Morgan fingerprint density at radius 3 is 2.80 bits per heavy atom. The topological polar surface area (TPSA) is 46.9 Å². The lowest BCUT2D eigenvalue weighted by atomic mass is 10.2. The molecule has 1 unspecified atom stereocenters. The van der Waals surface area contributed by atoms with Gasteiger partial charge in [-0.25, -0.2) is 4.68 Å². The van der Waals surface area contributed by atoms with Crippen LogP contribution in [0.4, 0.5) is 0 Å². The molecule has 1 amide bonds. The van der Waals surface area contributed by atoms with Gasteiger partial charge in [0.15, 0.2) is 0 Å². The molecule has 2 aromatic rings. The number of hydrogen-bond donors (Lipinski definition) is 1. The fraction of sp³-hybridized carbons (Fsp3) is 0.375. The van der Waals surface area contributed by atoms with Crippen LogP contribution in [0.3, 0.4) is 0 Å². The van der Waals surface area contributed by atoms with E-state index in [0.717, 1.165) is 17.8 Å². The molecule has 2 rings (SSSR count). The van der Waals surface area contributed by atoms with Gasteiger partial charge in [0.2, 0.25) is 0 Å². The van der Waals surface area contributed by atoms with E-state index in [0.29, 0.717) is 5.56 Å². The summed E-state index contributed by atoms with van der Waals surface area (Å²) in [5, 5.41) is 7.31. The highest BCUT2D eigenvalue weighted by Crippen LogP contribution is 2.15. The fourth-order valence-corrected chi connectivity index (χ4v) is 2.06. The van der Waals surface area contributed by atoms with E-state index in [9.17, 15) is 4.79 Å². The molecule has 4 heteroatoms. The van der Waals surface area contributed by atoms with Gasteiger partial charge >= 0.3 is 0 Å². The molecule has 0 spiro atoms. The van der Waals surface area contributed by atoms with Gasteiger partial charge in [-0.1, -0.05) is 19.1 Å². The maximum atomic E-state index is 12.2. The Kier molecular flexibility index (Phi) is 4.23. The molecule has 106 valence electrons. The Morgan fingerprint density at radius 2 is 2.15 bits per heavy atom. The Morgan fingerprint density at radius 1 is 1.40 bits per heavy atom. The summed E-state index contributed by atoms with van der Waals surface area (Å²) in [6, 6.07) is 8.24. The molecule has 4 nitrogen and oxygen atoms in total. The van der Waals surface area contributed by atoms with Gasteiger partial charge < -0.3 is 5.32 Å². The maximum absolute atomic E-state index is 12.2. The molecule has 1 aromatic carbocycles. The highest BCUT2D eigenvalue weighted by atomic mass is 16.1. The van der Waals surface area contributed by atoms with Gasteiger partial charge in [-0.05, 0) is 44.9 Å². The van der Waals surface area contributed by atoms with Crippen molar-refractivity contribution < 1.29 is 4.79 Å². The molecule has 1 N–H and O–H groups in total. The first kappa shape index (κ1) is 14.3. The van der Waals surface area contributed by atoms with Crippen LogP contribution in [-0.4, -0.2) is 21.7 Å². The monoisotopic (exact) mass is 271 g/mol. The van der Waals surface area contributed by atoms with Crippen LogP contribution in [0.1, 0.15) is 41.9 Å². The van der Waals surface area contributed by atoms with Crippen LogP contribution in [0.5, 0.6) is 0 Å². The largest absolute Gasteiger partial charge is 0.349 e. The normalized spacial score (nSPS) is 12.2. The quantitative estimate of drug-likeness (QED) is 0.929. The predicted molar refractivity (Wildman–Crippen MR) is 80.3 cm³/mol. The van der Waals surface area contributed by atoms with Crippen LogP contribution < -0.4 is 5.32 Å². The lowest BCUT2D eigenvalue weighted by Gasteiger charge is -2.11. The first-order valence-electron chi connectivity index (χ1n) is 6.95. The zero-order valence-electron chi connectivity index (χ0n) is 12.5. The number of carbonyl (C=O) groups is 1. The third-order valence-corrected chi connectivity index (χ3v) is 3.49. The van der Waals surface area contributed by atoms with E-state index in [4.69, 9.17) is 0 Å². The molecule has 1 heterocycles. The fourth-order valence-electron chi connectivity index (χ4n) is 2.06. The summed E-state index contributed by atoms with van der Waals surface area (Å²) in [6.07, 6.45) is 2.55. The predicted octanol–water partition coefficient (Wildman–Crippen LogP) is 3.02. The van der Waals surface area contributed by atoms with E-state index in [1.807, 2.05) is 45.9 Å². The minimum Gasteiger partial charge on any atom is -0.349 e. The second-order valence-corrected chi connectivity index (χ2v) is 5.18. The number of nitrogens with one attached hydrogen (secondary N) is 1.